The second-order valence-electron chi connectivity index (χ2n) is 4.33. The second-order valence-corrected chi connectivity index (χ2v) is 4.33. The van der Waals surface area contributed by atoms with Crippen molar-refractivity contribution in [1.82, 2.24) is 15.6 Å². The number of aromatic nitrogens is 1. The third-order valence-electron chi connectivity index (χ3n) is 3.13. The van der Waals surface area contributed by atoms with Crippen molar-refractivity contribution in [1.29, 1.82) is 0 Å². The molecule has 0 atom stereocenters. The summed E-state index contributed by atoms with van der Waals surface area (Å²) in [6.07, 6.45) is 3.67. The number of piperidine rings is 1. The molecule has 2 N–H and O–H groups in total. The van der Waals surface area contributed by atoms with Crippen LogP contribution in [-0.4, -0.2) is 35.7 Å². The summed E-state index contributed by atoms with van der Waals surface area (Å²) in [6, 6.07) is 3.95. The number of hydrogen-bond acceptors (Lipinski definition) is 5. The first kappa shape index (κ1) is 10.4. The molecule has 1 aromatic rings. The smallest absolute Gasteiger partial charge is 0.248 e. The number of hydrogen-bond donors (Lipinski definition) is 2. The van der Waals surface area contributed by atoms with Crippen molar-refractivity contribution in [3.63, 3.8) is 0 Å². The quantitative estimate of drug-likeness (QED) is 0.743. The molecule has 3 heterocycles. The lowest BCUT2D eigenvalue weighted by Gasteiger charge is -2.23. The number of rotatable bonds is 1. The Labute approximate surface area is 99.4 Å². The van der Waals surface area contributed by atoms with E-state index in [-0.39, 0.29) is 5.78 Å². The lowest BCUT2D eigenvalue weighted by atomic mass is 10.1. The van der Waals surface area contributed by atoms with Gasteiger partial charge in [0.15, 0.2) is 5.84 Å². The minimum Gasteiger partial charge on any atom is -0.364 e. The number of carbonyl (C=O) groups is 1. The molecular weight excluding hydrogens is 216 g/mol. The number of amidine groups is 1. The molecule has 0 bridgehead atoms. The van der Waals surface area contributed by atoms with E-state index in [1.54, 1.807) is 12.3 Å². The Morgan fingerprint density at radius 2 is 2.18 bits per heavy atom. The molecule has 1 fully saturated rings. The third kappa shape index (κ3) is 1.93. The Bertz CT molecular complexity index is 477. The van der Waals surface area contributed by atoms with Gasteiger partial charge in [-0.1, -0.05) is 0 Å². The molecule has 17 heavy (non-hydrogen) atoms. The van der Waals surface area contributed by atoms with Gasteiger partial charge in [0.25, 0.3) is 0 Å². The van der Waals surface area contributed by atoms with E-state index in [0.29, 0.717) is 23.3 Å². The molecule has 88 valence electrons. The summed E-state index contributed by atoms with van der Waals surface area (Å²) in [7, 11) is 0. The van der Waals surface area contributed by atoms with E-state index >= 15 is 0 Å². The van der Waals surface area contributed by atoms with Crippen LogP contribution in [0.2, 0.25) is 0 Å². The fourth-order valence-electron chi connectivity index (χ4n) is 2.20. The van der Waals surface area contributed by atoms with Crippen molar-refractivity contribution in [2.24, 2.45) is 4.99 Å². The molecule has 0 unspecified atom stereocenters. The van der Waals surface area contributed by atoms with Crippen LogP contribution in [0.4, 0.5) is 5.69 Å². The zero-order chi connectivity index (χ0) is 11.7. The van der Waals surface area contributed by atoms with Crippen molar-refractivity contribution in [2.45, 2.75) is 18.9 Å². The van der Waals surface area contributed by atoms with E-state index in [1.807, 2.05) is 6.07 Å². The van der Waals surface area contributed by atoms with E-state index in [0.717, 1.165) is 25.9 Å². The van der Waals surface area contributed by atoms with Crippen LogP contribution in [0.5, 0.6) is 0 Å². The zero-order valence-corrected chi connectivity index (χ0v) is 9.44. The van der Waals surface area contributed by atoms with Gasteiger partial charge in [0.05, 0.1) is 5.69 Å². The van der Waals surface area contributed by atoms with E-state index < -0.39 is 0 Å². The highest BCUT2D eigenvalue weighted by atomic mass is 16.1. The predicted octanol–water partition coefficient (Wildman–Crippen LogP) is 0.649. The Morgan fingerprint density at radius 1 is 1.35 bits per heavy atom. The fourth-order valence-corrected chi connectivity index (χ4v) is 2.20. The number of pyridine rings is 1. The molecule has 1 saturated heterocycles. The summed E-state index contributed by atoms with van der Waals surface area (Å²) in [5, 5.41) is 6.53. The molecule has 0 radical (unpaired) electrons. The van der Waals surface area contributed by atoms with Gasteiger partial charge in [-0.15, -0.1) is 0 Å². The number of Topliss-reactive ketones (excluding diaryl/α,β-unsaturated/α-hetero) is 1. The van der Waals surface area contributed by atoms with Gasteiger partial charge in [0, 0.05) is 12.2 Å². The first-order valence-corrected chi connectivity index (χ1v) is 5.90. The monoisotopic (exact) mass is 230 g/mol. The van der Waals surface area contributed by atoms with Crippen LogP contribution in [0.1, 0.15) is 23.3 Å². The van der Waals surface area contributed by atoms with E-state index in [1.165, 1.54) is 0 Å². The summed E-state index contributed by atoms with van der Waals surface area (Å²) in [6.45, 7) is 1.98. The zero-order valence-electron chi connectivity index (χ0n) is 9.44. The van der Waals surface area contributed by atoms with Gasteiger partial charge in [-0.3, -0.25) is 9.78 Å². The molecule has 0 saturated carbocycles. The van der Waals surface area contributed by atoms with Crippen LogP contribution in [0.25, 0.3) is 0 Å². The highest BCUT2D eigenvalue weighted by Crippen LogP contribution is 2.23. The molecular formula is C12H14N4O. The molecule has 2 aliphatic heterocycles. The fraction of sp³-hybridized carbons (Fsp3) is 0.417. The number of carbonyl (C=O) groups excluding carboxylic acids is 1. The molecule has 3 rings (SSSR count). The number of fused-ring (bicyclic) bond motifs is 1. The largest absolute Gasteiger partial charge is 0.364 e. The Hall–Kier alpha value is -1.75. The van der Waals surface area contributed by atoms with Crippen molar-refractivity contribution in [3.8, 4) is 0 Å². The highest BCUT2D eigenvalue weighted by Gasteiger charge is 2.27. The first-order valence-electron chi connectivity index (χ1n) is 5.90. The molecule has 2 aliphatic rings. The topological polar surface area (TPSA) is 66.4 Å². The summed E-state index contributed by atoms with van der Waals surface area (Å²) in [5.41, 5.74) is 1.14. The van der Waals surface area contributed by atoms with Crippen LogP contribution in [-0.2, 0) is 0 Å². The van der Waals surface area contributed by atoms with Crippen molar-refractivity contribution in [3.05, 3.63) is 24.0 Å². The summed E-state index contributed by atoms with van der Waals surface area (Å²) in [5.74, 6) is 0.365. The SMILES string of the molecule is O=C1C(NC2CCNCC2)=Nc2cccnc21. The van der Waals surface area contributed by atoms with Crippen molar-refractivity contribution >= 4 is 17.3 Å². The summed E-state index contributed by atoms with van der Waals surface area (Å²) in [4.78, 5) is 20.4. The molecule has 0 aliphatic carbocycles. The van der Waals surface area contributed by atoms with Crippen molar-refractivity contribution in [2.75, 3.05) is 13.1 Å². The van der Waals surface area contributed by atoms with Gasteiger partial charge >= 0.3 is 0 Å². The molecule has 0 amide bonds. The summed E-state index contributed by atoms with van der Waals surface area (Å²) >= 11 is 0. The minimum atomic E-state index is -0.0841. The number of nitrogens with one attached hydrogen (secondary N) is 2. The number of aliphatic imine (C=N–C) groups is 1. The van der Waals surface area contributed by atoms with Gasteiger partial charge in [0.1, 0.15) is 5.69 Å². The highest BCUT2D eigenvalue weighted by molar-refractivity contribution is 6.48. The third-order valence-corrected chi connectivity index (χ3v) is 3.13. The second kappa shape index (κ2) is 4.25. The molecule has 0 spiro atoms. The lowest BCUT2D eigenvalue weighted by Crippen LogP contribution is -2.44. The Morgan fingerprint density at radius 3 is 2.94 bits per heavy atom. The van der Waals surface area contributed by atoms with Crippen molar-refractivity contribution < 1.29 is 4.79 Å². The number of nitrogens with zero attached hydrogens (tertiary/aromatic N) is 2. The molecule has 5 heteroatoms. The van der Waals surface area contributed by atoms with E-state index in [9.17, 15) is 4.79 Å². The van der Waals surface area contributed by atoms with E-state index in [2.05, 4.69) is 20.6 Å². The Balaban J connectivity index is 1.76. The van der Waals surface area contributed by atoms with Gasteiger partial charge in [-0.05, 0) is 38.1 Å². The van der Waals surface area contributed by atoms with Gasteiger partial charge in [-0.25, -0.2) is 4.99 Å². The van der Waals surface area contributed by atoms with Gasteiger partial charge in [-0.2, -0.15) is 0 Å². The maximum Gasteiger partial charge on any atom is 0.248 e. The van der Waals surface area contributed by atoms with Crippen LogP contribution >= 0.6 is 0 Å². The maximum atomic E-state index is 12.0. The standard InChI is InChI=1S/C12H14N4O/c17-11-10-9(2-1-5-14-10)16-12(11)15-8-3-6-13-7-4-8/h1-2,5,8,13H,3-4,6-7H2,(H,15,16,17). The van der Waals surface area contributed by atoms with Gasteiger partial charge < -0.3 is 10.6 Å². The first-order chi connectivity index (χ1) is 8.34. The summed E-state index contributed by atoms with van der Waals surface area (Å²) < 4.78 is 0. The normalized spacial score (nSPS) is 20.0. The van der Waals surface area contributed by atoms with Gasteiger partial charge in [0.2, 0.25) is 5.78 Å². The average Bonchev–Trinajstić information content (AvgIpc) is 2.68. The molecule has 1 aromatic heterocycles. The lowest BCUT2D eigenvalue weighted by molar-refractivity contribution is 0.106. The van der Waals surface area contributed by atoms with Crippen LogP contribution in [0, 0.1) is 0 Å². The van der Waals surface area contributed by atoms with Crippen LogP contribution in [0.15, 0.2) is 23.3 Å². The molecule has 5 nitrogen and oxygen atoms in total. The van der Waals surface area contributed by atoms with Crippen LogP contribution < -0.4 is 10.6 Å². The maximum absolute atomic E-state index is 12.0. The Kier molecular flexibility index (Phi) is 2.60. The minimum absolute atomic E-state index is 0.0841. The molecule has 0 aromatic carbocycles. The van der Waals surface area contributed by atoms with E-state index in [4.69, 9.17) is 0 Å². The average molecular weight is 230 g/mol. The van der Waals surface area contributed by atoms with Crippen LogP contribution in [0.3, 0.4) is 0 Å². The predicted molar refractivity (Wildman–Crippen MR) is 64.7 cm³/mol. The number of ketones is 1.